The van der Waals surface area contributed by atoms with Gasteiger partial charge in [0.2, 0.25) is 0 Å². The molecular weight excluding hydrogens is 286 g/mol. The van der Waals surface area contributed by atoms with E-state index in [9.17, 15) is 4.79 Å². The van der Waals surface area contributed by atoms with E-state index < -0.39 is 0 Å². The average molecular weight is 317 g/mol. The minimum absolute atomic E-state index is 0.120. The van der Waals surface area contributed by atoms with Gasteiger partial charge in [0.15, 0.2) is 0 Å². The van der Waals surface area contributed by atoms with E-state index in [2.05, 4.69) is 39.5 Å². The number of likely N-dealkylation sites (tertiary alicyclic amines) is 1. The number of carbonyl (C=O) groups excluding carboxylic acids is 1. The zero-order valence-electron chi connectivity index (χ0n) is 15.3. The largest absolute Gasteiger partial charge is 0.445 e. The highest BCUT2D eigenvalue weighted by Gasteiger charge is 2.51. The Hall–Kier alpha value is -1.51. The molecule has 3 unspecified atom stereocenters. The Morgan fingerprint density at radius 1 is 1.22 bits per heavy atom. The van der Waals surface area contributed by atoms with Crippen molar-refractivity contribution in [1.29, 1.82) is 0 Å². The smallest absolute Gasteiger partial charge is 0.411 e. The van der Waals surface area contributed by atoms with Gasteiger partial charge in [-0.2, -0.15) is 0 Å². The van der Waals surface area contributed by atoms with Crippen molar-refractivity contribution in [3.63, 3.8) is 0 Å². The van der Waals surface area contributed by atoms with Crippen molar-refractivity contribution in [3.8, 4) is 0 Å². The van der Waals surface area contributed by atoms with E-state index in [1.807, 2.05) is 30.3 Å². The molecule has 1 aromatic carbocycles. The van der Waals surface area contributed by atoms with Crippen LogP contribution >= 0.6 is 0 Å². The molecule has 1 heterocycles. The topological polar surface area (TPSA) is 29.5 Å². The number of carbonyl (C=O) groups is 1. The summed E-state index contributed by atoms with van der Waals surface area (Å²) in [5.41, 5.74) is 0.768. The van der Waals surface area contributed by atoms with Gasteiger partial charge in [-0.3, -0.25) is 4.90 Å². The van der Waals surface area contributed by atoms with Crippen molar-refractivity contribution in [2.45, 2.75) is 78.0 Å². The molecule has 1 amide bonds. The number of hydrogen-bond acceptors (Lipinski definition) is 2. The molecule has 3 atom stereocenters. The van der Waals surface area contributed by atoms with E-state index in [1.165, 1.54) is 0 Å². The zero-order valence-corrected chi connectivity index (χ0v) is 15.3. The number of piperidine rings is 1. The summed E-state index contributed by atoms with van der Waals surface area (Å²) in [5.74, 6) is 0.483. The molecule has 0 radical (unpaired) electrons. The highest BCUT2D eigenvalue weighted by atomic mass is 16.6. The molecule has 0 spiro atoms. The molecule has 3 nitrogen and oxygen atoms in total. The molecule has 1 fully saturated rings. The zero-order chi connectivity index (χ0) is 17.1. The van der Waals surface area contributed by atoms with E-state index >= 15 is 0 Å². The summed E-state index contributed by atoms with van der Waals surface area (Å²) in [6.45, 7) is 11.4. The average Bonchev–Trinajstić information content (AvgIpc) is 2.57. The Bertz CT molecular complexity index is 530. The summed E-state index contributed by atoms with van der Waals surface area (Å²) in [5, 5.41) is 0. The van der Waals surface area contributed by atoms with Crippen LogP contribution < -0.4 is 0 Å². The fourth-order valence-electron chi connectivity index (χ4n) is 3.84. The second-order valence-corrected chi connectivity index (χ2v) is 7.38. The molecule has 1 saturated heterocycles. The van der Waals surface area contributed by atoms with Crippen molar-refractivity contribution in [3.05, 3.63) is 35.9 Å². The third-order valence-corrected chi connectivity index (χ3v) is 6.09. The van der Waals surface area contributed by atoms with Crippen molar-refractivity contribution in [2.24, 2.45) is 5.92 Å². The highest BCUT2D eigenvalue weighted by Crippen LogP contribution is 2.45. The van der Waals surface area contributed by atoms with Crippen LogP contribution in [0, 0.1) is 5.92 Å². The van der Waals surface area contributed by atoms with Crippen LogP contribution in [0.25, 0.3) is 0 Å². The molecule has 0 saturated carbocycles. The van der Waals surface area contributed by atoms with Gasteiger partial charge in [-0.1, -0.05) is 51.1 Å². The Balaban J connectivity index is 2.21. The normalized spacial score (nSPS) is 31.0. The molecule has 23 heavy (non-hydrogen) atoms. The minimum atomic E-state index is -0.172. The Kier molecular flexibility index (Phi) is 5.38. The summed E-state index contributed by atoms with van der Waals surface area (Å²) in [6.07, 6.45) is 3.94. The number of rotatable bonds is 4. The van der Waals surface area contributed by atoms with Gasteiger partial charge < -0.3 is 4.74 Å². The minimum Gasteiger partial charge on any atom is -0.445 e. The number of ether oxygens (including phenoxy) is 1. The summed E-state index contributed by atoms with van der Waals surface area (Å²) in [6, 6.07) is 9.89. The molecule has 1 aromatic rings. The monoisotopic (exact) mass is 317 g/mol. The number of amides is 1. The van der Waals surface area contributed by atoms with Crippen molar-refractivity contribution in [2.75, 3.05) is 0 Å². The first kappa shape index (κ1) is 17.8. The summed E-state index contributed by atoms with van der Waals surface area (Å²) < 4.78 is 5.70. The molecule has 1 aliphatic rings. The molecular formula is C20H31NO2. The summed E-state index contributed by atoms with van der Waals surface area (Å²) in [7, 11) is 0. The molecule has 0 N–H and O–H groups in total. The van der Waals surface area contributed by atoms with E-state index in [0.29, 0.717) is 12.5 Å². The van der Waals surface area contributed by atoms with Crippen LogP contribution in [-0.4, -0.2) is 22.1 Å². The van der Waals surface area contributed by atoms with E-state index in [-0.39, 0.29) is 17.2 Å². The Morgan fingerprint density at radius 3 is 2.43 bits per heavy atom. The molecule has 0 aromatic heterocycles. The maximum absolute atomic E-state index is 13.0. The predicted octanol–water partition coefficient (Wildman–Crippen LogP) is 5.39. The summed E-state index contributed by atoms with van der Waals surface area (Å²) >= 11 is 0. The lowest BCUT2D eigenvalue weighted by atomic mass is 9.70. The van der Waals surface area contributed by atoms with Gasteiger partial charge in [0.25, 0.3) is 0 Å². The first-order chi connectivity index (χ1) is 10.9. The molecule has 128 valence electrons. The van der Waals surface area contributed by atoms with E-state index in [1.54, 1.807) is 0 Å². The highest BCUT2D eigenvalue weighted by molar-refractivity contribution is 5.70. The number of benzene rings is 1. The van der Waals surface area contributed by atoms with Gasteiger partial charge in [0.05, 0.1) is 0 Å². The fourth-order valence-corrected chi connectivity index (χ4v) is 3.84. The van der Waals surface area contributed by atoms with Crippen LogP contribution in [0.4, 0.5) is 4.79 Å². The van der Waals surface area contributed by atoms with Gasteiger partial charge in [0.1, 0.15) is 6.61 Å². The lowest BCUT2D eigenvalue weighted by molar-refractivity contribution is -0.0712. The second-order valence-electron chi connectivity index (χ2n) is 7.38. The van der Waals surface area contributed by atoms with E-state index in [0.717, 1.165) is 31.2 Å². The van der Waals surface area contributed by atoms with Crippen molar-refractivity contribution < 1.29 is 9.53 Å². The van der Waals surface area contributed by atoms with Crippen LogP contribution in [0.3, 0.4) is 0 Å². The van der Waals surface area contributed by atoms with Crippen molar-refractivity contribution in [1.82, 2.24) is 4.90 Å². The molecule has 1 aliphatic heterocycles. The van der Waals surface area contributed by atoms with Gasteiger partial charge in [-0.15, -0.1) is 0 Å². The van der Waals surface area contributed by atoms with Gasteiger partial charge >= 0.3 is 6.09 Å². The van der Waals surface area contributed by atoms with Gasteiger partial charge in [-0.05, 0) is 51.0 Å². The maximum atomic E-state index is 13.0. The van der Waals surface area contributed by atoms with Crippen LogP contribution in [-0.2, 0) is 11.3 Å². The predicted molar refractivity (Wildman–Crippen MR) is 94.3 cm³/mol. The molecule has 2 rings (SSSR count). The lowest BCUT2D eigenvalue weighted by Gasteiger charge is -2.57. The maximum Gasteiger partial charge on any atom is 0.411 e. The third-order valence-electron chi connectivity index (χ3n) is 6.09. The first-order valence-electron chi connectivity index (χ1n) is 8.88. The molecule has 0 aliphatic carbocycles. The van der Waals surface area contributed by atoms with Crippen LogP contribution in [0.1, 0.15) is 65.9 Å². The first-order valence-corrected chi connectivity index (χ1v) is 8.88. The Labute approximate surface area is 141 Å². The number of hydrogen-bond donors (Lipinski definition) is 0. The van der Waals surface area contributed by atoms with Crippen LogP contribution in [0.5, 0.6) is 0 Å². The summed E-state index contributed by atoms with van der Waals surface area (Å²) in [4.78, 5) is 15.0. The van der Waals surface area contributed by atoms with Crippen LogP contribution in [0.2, 0.25) is 0 Å². The molecule has 3 heteroatoms. The fraction of sp³-hybridized carbons (Fsp3) is 0.650. The van der Waals surface area contributed by atoms with Gasteiger partial charge in [-0.25, -0.2) is 4.79 Å². The SMILES string of the molecule is CCC1(C)CCC(C)C(C)(CC)N1C(=O)OCc1ccccc1. The number of nitrogens with zero attached hydrogens (tertiary/aromatic N) is 1. The molecule has 0 bridgehead atoms. The quantitative estimate of drug-likeness (QED) is 0.745. The van der Waals surface area contributed by atoms with E-state index in [4.69, 9.17) is 4.74 Å². The van der Waals surface area contributed by atoms with Crippen LogP contribution in [0.15, 0.2) is 30.3 Å². The van der Waals surface area contributed by atoms with Gasteiger partial charge in [0, 0.05) is 11.1 Å². The second kappa shape index (κ2) is 6.94. The lowest BCUT2D eigenvalue weighted by Crippen LogP contribution is -2.66. The Morgan fingerprint density at radius 2 is 1.87 bits per heavy atom. The van der Waals surface area contributed by atoms with Crippen molar-refractivity contribution >= 4 is 6.09 Å². The third kappa shape index (κ3) is 3.39. The standard InChI is InChI=1S/C20H31NO2/c1-6-19(4)14-13-16(3)20(5,7-2)21(19)18(22)23-15-17-11-9-8-10-12-17/h8-12,16H,6-7,13-15H2,1-5H3.